The molecule has 3 nitrogen and oxygen atoms in total. The molecule has 1 atom stereocenters. The molecule has 0 saturated heterocycles. The molecule has 0 aliphatic carbocycles. The van der Waals surface area contributed by atoms with Crippen molar-refractivity contribution in [1.29, 1.82) is 0 Å². The maximum atomic E-state index is 13.9. The molecule has 1 N–H and O–H groups in total. The lowest BCUT2D eigenvalue weighted by atomic mass is 9.88. The van der Waals surface area contributed by atoms with Crippen molar-refractivity contribution in [1.82, 2.24) is 5.32 Å². The zero-order valence-corrected chi connectivity index (χ0v) is 19.3. The minimum Gasteiger partial charge on any atom is -0.460 e. The van der Waals surface area contributed by atoms with Crippen LogP contribution in [0.3, 0.4) is 0 Å². The van der Waals surface area contributed by atoms with Crippen LogP contribution in [0.4, 0.5) is 79.0 Å². The summed E-state index contributed by atoms with van der Waals surface area (Å²) in [7, 11) is 0. The number of rotatable bonds is 13. The number of hydrogen-bond donors (Lipinski definition) is 1. The van der Waals surface area contributed by atoms with Crippen molar-refractivity contribution in [3.8, 4) is 0 Å². The number of ether oxygens (including phenoxy) is 1. The number of esters is 1. The molecule has 0 bridgehead atoms. The van der Waals surface area contributed by atoms with Gasteiger partial charge in [0.2, 0.25) is 0 Å². The van der Waals surface area contributed by atoms with Crippen molar-refractivity contribution in [2.24, 2.45) is 0 Å². The Labute approximate surface area is 210 Å². The Morgan fingerprint density at radius 2 is 1.10 bits per heavy atom. The Morgan fingerprint density at radius 3 is 1.46 bits per heavy atom. The van der Waals surface area contributed by atoms with Crippen LogP contribution >= 0.6 is 12.2 Å². The second kappa shape index (κ2) is 11.0. The fraction of sp³-hybridized carbons (Fsp3) is 0.765. The molecule has 22 heteroatoms. The Hall–Kier alpha value is -2.16. The van der Waals surface area contributed by atoms with Crippen LogP contribution in [0.5, 0.6) is 0 Å². The molecule has 0 heterocycles. The first-order valence-electron chi connectivity index (χ1n) is 9.34. The Bertz CT molecular complexity index is 929. The number of carbonyl (C=O) groups excluding carboxylic acids is 1. The lowest BCUT2D eigenvalue weighted by Crippen LogP contribution is -2.74. The minimum atomic E-state index is -8.77. The molecule has 0 aromatic heterocycles. The van der Waals surface area contributed by atoms with Crippen LogP contribution in [-0.4, -0.2) is 77.9 Å². The van der Waals surface area contributed by atoms with Crippen LogP contribution in [0, 0.1) is 0 Å². The van der Waals surface area contributed by atoms with Gasteiger partial charge in [-0.15, -0.1) is 0 Å². The molecule has 0 aliphatic rings. The normalized spacial score (nSPS) is 15.6. The van der Waals surface area contributed by atoms with Crippen LogP contribution in [0.25, 0.3) is 0 Å². The lowest BCUT2D eigenvalue weighted by Gasteiger charge is -2.43. The highest BCUT2D eigenvalue weighted by molar-refractivity contribution is 7.80. The van der Waals surface area contributed by atoms with Gasteiger partial charge in [0.05, 0.1) is 6.42 Å². The van der Waals surface area contributed by atoms with Gasteiger partial charge in [0.1, 0.15) is 11.6 Å². The molecule has 230 valence electrons. The average molecular weight is 637 g/mol. The highest BCUT2D eigenvalue weighted by Crippen LogP contribution is 2.64. The van der Waals surface area contributed by atoms with Crippen LogP contribution in [-0.2, 0) is 9.53 Å². The van der Waals surface area contributed by atoms with E-state index in [0.29, 0.717) is 0 Å². The van der Waals surface area contributed by atoms with Gasteiger partial charge in [-0.2, -0.15) is 74.6 Å². The van der Waals surface area contributed by atoms with Crippen molar-refractivity contribution >= 4 is 23.2 Å². The zero-order chi connectivity index (χ0) is 31.8. The predicted molar refractivity (Wildman–Crippen MR) is 96.6 cm³/mol. The number of carbonyl (C=O) groups is 1. The second-order valence-corrected chi connectivity index (χ2v) is 7.97. The molecular formula is C17H13F18NO2S. The molecule has 0 aliphatic heterocycles. The fourth-order valence-corrected chi connectivity index (χ4v) is 2.38. The quantitative estimate of drug-likeness (QED) is 0.0797. The second-order valence-electron chi connectivity index (χ2n) is 7.53. The van der Waals surface area contributed by atoms with Crippen LogP contribution in [0.2, 0.25) is 0 Å². The molecule has 1 unspecified atom stereocenters. The van der Waals surface area contributed by atoms with Gasteiger partial charge in [-0.05, 0) is 6.92 Å². The van der Waals surface area contributed by atoms with E-state index in [4.69, 9.17) is 0 Å². The third kappa shape index (κ3) is 6.28. The van der Waals surface area contributed by atoms with Crippen LogP contribution in [0.1, 0.15) is 13.3 Å². The summed E-state index contributed by atoms with van der Waals surface area (Å²) in [5.41, 5.74) is -0.175. The molecule has 0 spiro atoms. The molecule has 0 amide bonds. The number of hydrogen-bond acceptors (Lipinski definition) is 3. The summed E-state index contributed by atoms with van der Waals surface area (Å²) in [6.07, 6.45) is -14.9. The summed E-state index contributed by atoms with van der Waals surface area (Å²) in [4.78, 5) is 9.49. The van der Waals surface area contributed by atoms with Gasteiger partial charge in [-0.3, -0.25) is 0 Å². The third-order valence-corrected chi connectivity index (χ3v) is 4.89. The fourth-order valence-electron chi connectivity index (χ4n) is 2.19. The molecule has 39 heavy (non-hydrogen) atoms. The largest absolute Gasteiger partial charge is 0.460 e. The van der Waals surface area contributed by atoms with Gasteiger partial charge in [0, 0.05) is 12.1 Å². The Balaban J connectivity index is 6.07. The molecule has 0 fully saturated rings. The van der Waals surface area contributed by atoms with E-state index in [2.05, 4.69) is 23.5 Å². The van der Waals surface area contributed by atoms with E-state index in [1.54, 1.807) is 5.32 Å². The topological polar surface area (TPSA) is 38.3 Å². The average Bonchev–Trinajstić information content (AvgIpc) is 2.74. The van der Waals surface area contributed by atoms with E-state index in [1.165, 1.54) is 0 Å². The van der Waals surface area contributed by atoms with Crippen molar-refractivity contribution in [2.45, 2.75) is 67.2 Å². The predicted octanol–water partition coefficient (Wildman–Crippen LogP) is 6.76. The van der Waals surface area contributed by atoms with Crippen molar-refractivity contribution in [3.05, 3.63) is 12.2 Å². The molecule has 0 rings (SSSR count). The van der Waals surface area contributed by atoms with Crippen molar-refractivity contribution in [3.63, 3.8) is 0 Å². The monoisotopic (exact) mass is 637 g/mol. The number of halogens is 18. The summed E-state index contributed by atoms with van der Waals surface area (Å²) in [6, 6.07) is 0. The molecular weight excluding hydrogens is 624 g/mol. The standard InChI is InChI=1S/C17H13F18NO2S/c1-6(2)9(37)38-4-3-36-8(39)7(18)5-10(19,20)11(21,22)12(23,24)13(25,26)14(27,28)15(29,30)16(31,32)17(33,34)35/h7H,1,3-5H2,2H3,(H,36,39). The highest BCUT2D eigenvalue weighted by Gasteiger charge is 2.95. The van der Waals surface area contributed by atoms with E-state index >= 15 is 0 Å². The summed E-state index contributed by atoms with van der Waals surface area (Å²) in [5.74, 6) is -58.9. The van der Waals surface area contributed by atoms with Crippen molar-refractivity contribution < 1.29 is 88.6 Å². The van der Waals surface area contributed by atoms with E-state index in [9.17, 15) is 83.8 Å². The van der Waals surface area contributed by atoms with Crippen LogP contribution in [0.15, 0.2) is 12.2 Å². The van der Waals surface area contributed by atoms with Crippen LogP contribution < -0.4 is 5.32 Å². The lowest BCUT2D eigenvalue weighted by molar-refractivity contribution is -0.462. The Morgan fingerprint density at radius 1 is 0.744 bits per heavy atom. The van der Waals surface area contributed by atoms with E-state index in [-0.39, 0.29) is 5.57 Å². The third-order valence-electron chi connectivity index (χ3n) is 4.49. The Kier molecular flexibility index (Phi) is 10.4. The maximum absolute atomic E-state index is 13.9. The summed E-state index contributed by atoms with van der Waals surface area (Å²) >= 11 is 4.08. The van der Waals surface area contributed by atoms with Gasteiger partial charge >= 0.3 is 53.6 Å². The SMILES string of the molecule is C=C(C)C(=O)OCCNC(=S)C(F)CC(F)(F)C(F)(F)C(F)(F)C(F)(F)C(F)(F)C(F)(F)C(F)(F)C(F)(F)F. The summed E-state index contributed by atoms with van der Waals surface area (Å²) in [5, 5.41) is 1.62. The summed E-state index contributed by atoms with van der Waals surface area (Å²) in [6.45, 7) is 2.76. The molecule has 0 saturated carbocycles. The zero-order valence-electron chi connectivity index (χ0n) is 18.4. The van der Waals surface area contributed by atoms with E-state index < -0.39 is 84.3 Å². The van der Waals surface area contributed by atoms with E-state index in [0.717, 1.165) is 6.92 Å². The smallest absolute Gasteiger partial charge is 0.460 e. The first-order chi connectivity index (χ1) is 16.9. The molecule has 0 aromatic rings. The first kappa shape index (κ1) is 36.8. The molecule has 0 radical (unpaired) electrons. The van der Waals surface area contributed by atoms with E-state index in [1.807, 2.05) is 0 Å². The first-order valence-corrected chi connectivity index (χ1v) is 9.75. The van der Waals surface area contributed by atoms with Gasteiger partial charge in [-0.25, -0.2) is 9.18 Å². The number of nitrogens with one attached hydrogen (secondary N) is 1. The van der Waals surface area contributed by atoms with Gasteiger partial charge in [-0.1, -0.05) is 18.8 Å². The highest BCUT2D eigenvalue weighted by atomic mass is 32.1. The minimum absolute atomic E-state index is 0.175. The number of thiocarbonyl (C=S) groups is 1. The summed E-state index contributed by atoms with van der Waals surface area (Å²) < 4.78 is 243. The van der Waals surface area contributed by atoms with Gasteiger partial charge in [0.15, 0.2) is 6.17 Å². The maximum Gasteiger partial charge on any atom is 0.460 e. The van der Waals surface area contributed by atoms with Gasteiger partial charge in [0.25, 0.3) is 0 Å². The van der Waals surface area contributed by atoms with Gasteiger partial charge < -0.3 is 10.1 Å². The molecule has 0 aromatic carbocycles. The number of alkyl halides is 18. The van der Waals surface area contributed by atoms with Crippen molar-refractivity contribution in [2.75, 3.05) is 13.2 Å².